The third kappa shape index (κ3) is 2.38. The van der Waals surface area contributed by atoms with Gasteiger partial charge in [0.15, 0.2) is 5.84 Å². The fraction of sp³-hybridized carbons (Fsp3) is 0. The van der Waals surface area contributed by atoms with Gasteiger partial charge in [0.05, 0.1) is 11.4 Å². The van der Waals surface area contributed by atoms with Gasteiger partial charge in [0.1, 0.15) is 0 Å². The van der Waals surface area contributed by atoms with Gasteiger partial charge in [0.2, 0.25) is 0 Å². The Kier molecular flexibility index (Phi) is 3.35. The number of aromatic amines is 1. The molecule has 0 fully saturated rings. The summed E-state index contributed by atoms with van der Waals surface area (Å²) in [5.41, 5.74) is 7.57. The van der Waals surface area contributed by atoms with Crippen LogP contribution in [0, 0.1) is 0 Å². The third-order valence-electron chi connectivity index (χ3n) is 4.43. The predicted octanol–water partition coefficient (Wildman–Crippen LogP) is 4.28. The molecule has 3 aromatic carbocycles. The Labute approximate surface area is 151 Å². The molecule has 0 saturated heterocycles. The van der Waals surface area contributed by atoms with Gasteiger partial charge in [-0.05, 0) is 30.3 Å². The normalized spacial score (nSPS) is 13.8. The molecule has 5 nitrogen and oxygen atoms in total. The van der Waals surface area contributed by atoms with Crippen LogP contribution in [-0.2, 0) is 0 Å². The zero-order valence-electron chi connectivity index (χ0n) is 14.0. The number of hydrogen-bond donors (Lipinski definition) is 2. The zero-order chi connectivity index (χ0) is 17.3. The standard InChI is InChI=1S/C21H17N5/c1-3-9-16(10-4-1)25-23-21(24-26(25)17-11-5-2-6-12-17)19-15-22-20-14-8-7-13-18(19)20/h1-15,22H,(H,23,24). The molecule has 2 heterocycles. The maximum absolute atomic E-state index is 4.85. The smallest absolute Gasteiger partial charge is 0.178 e. The molecule has 4 aromatic rings. The van der Waals surface area contributed by atoms with Crippen LogP contribution in [0.2, 0.25) is 0 Å². The lowest BCUT2D eigenvalue weighted by Crippen LogP contribution is -2.44. The Hall–Kier alpha value is -3.73. The summed E-state index contributed by atoms with van der Waals surface area (Å²) in [6, 6.07) is 28.5. The SMILES string of the molecule is c1ccc(N2N=C(c3c[nH]c4ccccc34)NN2c2ccccc2)cc1. The minimum atomic E-state index is 0.801. The first-order valence-electron chi connectivity index (χ1n) is 8.52. The fourth-order valence-corrected chi connectivity index (χ4v) is 3.17. The Morgan fingerprint density at radius 3 is 2.12 bits per heavy atom. The number of H-pyrrole nitrogens is 1. The second-order valence-corrected chi connectivity index (χ2v) is 6.08. The maximum atomic E-state index is 4.85. The Morgan fingerprint density at radius 2 is 1.35 bits per heavy atom. The van der Waals surface area contributed by atoms with Crippen molar-refractivity contribution in [1.82, 2.24) is 10.4 Å². The number of benzene rings is 3. The number of nitrogens with one attached hydrogen (secondary N) is 2. The van der Waals surface area contributed by atoms with Crippen molar-refractivity contribution in [3.8, 4) is 0 Å². The van der Waals surface area contributed by atoms with Crippen LogP contribution in [0.25, 0.3) is 10.9 Å². The third-order valence-corrected chi connectivity index (χ3v) is 4.43. The summed E-state index contributed by atoms with van der Waals surface area (Å²) in [4.78, 5) is 3.32. The van der Waals surface area contributed by atoms with Gasteiger partial charge in [-0.1, -0.05) is 54.6 Å². The average Bonchev–Trinajstić information content (AvgIpc) is 3.34. The quantitative estimate of drug-likeness (QED) is 0.586. The van der Waals surface area contributed by atoms with E-state index in [1.54, 1.807) is 0 Å². The number of para-hydroxylation sites is 3. The fourth-order valence-electron chi connectivity index (χ4n) is 3.17. The van der Waals surface area contributed by atoms with E-state index in [9.17, 15) is 0 Å². The van der Waals surface area contributed by atoms with Crippen LogP contribution in [0.15, 0.2) is 96.2 Å². The molecule has 26 heavy (non-hydrogen) atoms. The summed E-state index contributed by atoms with van der Waals surface area (Å²) in [5, 5.41) is 9.83. The number of hydrazine groups is 2. The average molecular weight is 339 g/mol. The molecule has 0 radical (unpaired) electrons. The largest absolute Gasteiger partial charge is 0.360 e. The monoisotopic (exact) mass is 339 g/mol. The van der Waals surface area contributed by atoms with Crippen molar-refractivity contribution >= 4 is 28.1 Å². The van der Waals surface area contributed by atoms with Crippen molar-refractivity contribution in [3.63, 3.8) is 0 Å². The zero-order valence-corrected chi connectivity index (χ0v) is 14.0. The lowest BCUT2D eigenvalue weighted by Gasteiger charge is -2.27. The molecule has 0 atom stereocenters. The van der Waals surface area contributed by atoms with Gasteiger partial charge in [-0.15, -0.1) is 5.10 Å². The Morgan fingerprint density at radius 1 is 0.692 bits per heavy atom. The Balaban J connectivity index is 1.61. The van der Waals surface area contributed by atoms with Gasteiger partial charge in [-0.2, -0.15) is 10.2 Å². The highest BCUT2D eigenvalue weighted by molar-refractivity contribution is 6.11. The highest BCUT2D eigenvalue weighted by Gasteiger charge is 2.27. The van der Waals surface area contributed by atoms with Crippen molar-refractivity contribution < 1.29 is 0 Å². The summed E-state index contributed by atoms with van der Waals surface area (Å²) in [6.07, 6.45) is 1.99. The second-order valence-electron chi connectivity index (χ2n) is 6.08. The molecule has 2 N–H and O–H groups in total. The van der Waals surface area contributed by atoms with Gasteiger partial charge in [-0.3, -0.25) is 5.43 Å². The summed E-state index contributed by atoms with van der Waals surface area (Å²) in [5.74, 6) is 0.801. The summed E-state index contributed by atoms with van der Waals surface area (Å²) in [7, 11) is 0. The molecule has 0 spiro atoms. The molecule has 5 heteroatoms. The second kappa shape index (κ2) is 5.97. The van der Waals surface area contributed by atoms with Crippen LogP contribution in [0.5, 0.6) is 0 Å². The molecule has 1 aliphatic rings. The summed E-state index contributed by atoms with van der Waals surface area (Å²) in [6.45, 7) is 0. The first-order chi connectivity index (χ1) is 12.9. The number of amidine groups is 1. The van der Waals surface area contributed by atoms with Crippen LogP contribution in [0.4, 0.5) is 11.4 Å². The van der Waals surface area contributed by atoms with E-state index < -0.39 is 0 Å². The molecule has 0 amide bonds. The van der Waals surface area contributed by atoms with E-state index in [1.807, 2.05) is 77.1 Å². The van der Waals surface area contributed by atoms with E-state index in [0.717, 1.165) is 33.7 Å². The van der Waals surface area contributed by atoms with E-state index in [0.29, 0.717) is 0 Å². The molecule has 0 saturated carbocycles. The van der Waals surface area contributed by atoms with Gasteiger partial charge in [-0.25, -0.2) is 0 Å². The molecule has 1 aromatic heterocycles. The minimum Gasteiger partial charge on any atom is -0.360 e. The van der Waals surface area contributed by atoms with Gasteiger partial charge in [0.25, 0.3) is 0 Å². The van der Waals surface area contributed by atoms with Crippen LogP contribution < -0.4 is 15.7 Å². The Bertz CT molecular complexity index is 1070. The topological polar surface area (TPSA) is 46.7 Å². The summed E-state index contributed by atoms with van der Waals surface area (Å²) >= 11 is 0. The minimum absolute atomic E-state index is 0.801. The lowest BCUT2D eigenvalue weighted by molar-refractivity contribution is 0.771. The first-order valence-corrected chi connectivity index (χ1v) is 8.52. The highest BCUT2D eigenvalue weighted by Crippen LogP contribution is 2.27. The molecule has 0 aliphatic carbocycles. The maximum Gasteiger partial charge on any atom is 0.178 e. The van der Waals surface area contributed by atoms with E-state index in [1.165, 1.54) is 0 Å². The molecule has 126 valence electrons. The molecular formula is C21H17N5. The van der Waals surface area contributed by atoms with Gasteiger partial charge in [0, 0.05) is 22.7 Å². The number of hydrogen-bond acceptors (Lipinski definition) is 4. The van der Waals surface area contributed by atoms with Crippen LogP contribution >= 0.6 is 0 Å². The van der Waals surface area contributed by atoms with E-state index in [4.69, 9.17) is 5.10 Å². The van der Waals surface area contributed by atoms with Gasteiger partial charge < -0.3 is 4.98 Å². The highest BCUT2D eigenvalue weighted by atomic mass is 15.9. The van der Waals surface area contributed by atoms with Crippen LogP contribution in [0.3, 0.4) is 0 Å². The number of aromatic nitrogens is 1. The number of anilines is 2. The lowest BCUT2D eigenvalue weighted by atomic mass is 10.1. The van der Waals surface area contributed by atoms with Crippen LogP contribution in [0.1, 0.15) is 5.56 Å². The molecule has 0 unspecified atom stereocenters. The first kappa shape index (κ1) is 14.6. The number of fused-ring (bicyclic) bond motifs is 1. The van der Waals surface area contributed by atoms with E-state index >= 15 is 0 Å². The number of rotatable bonds is 3. The van der Waals surface area contributed by atoms with Crippen molar-refractivity contribution in [2.24, 2.45) is 5.10 Å². The van der Waals surface area contributed by atoms with Crippen molar-refractivity contribution in [2.75, 3.05) is 10.2 Å². The van der Waals surface area contributed by atoms with Gasteiger partial charge >= 0.3 is 0 Å². The van der Waals surface area contributed by atoms with Crippen LogP contribution in [-0.4, -0.2) is 10.8 Å². The molecular weight excluding hydrogens is 322 g/mol. The summed E-state index contributed by atoms with van der Waals surface area (Å²) < 4.78 is 0. The number of nitrogens with zero attached hydrogens (tertiary/aromatic N) is 3. The molecule has 1 aliphatic heterocycles. The van der Waals surface area contributed by atoms with Crippen molar-refractivity contribution in [2.45, 2.75) is 0 Å². The molecule has 5 rings (SSSR count). The van der Waals surface area contributed by atoms with E-state index in [2.05, 4.69) is 34.7 Å². The van der Waals surface area contributed by atoms with E-state index in [-0.39, 0.29) is 0 Å². The predicted molar refractivity (Wildman–Crippen MR) is 106 cm³/mol. The number of hydrazone groups is 1. The molecule has 0 bridgehead atoms. The van der Waals surface area contributed by atoms with Crippen molar-refractivity contribution in [3.05, 3.63) is 96.7 Å². The van der Waals surface area contributed by atoms with Crippen molar-refractivity contribution in [1.29, 1.82) is 0 Å².